The van der Waals surface area contributed by atoms with Crippen molar-refractivity contribution < 1.29 is 28.7 Å². The summed E-state index contributed by atoms with van der Waals surface area (Å²) in [4.78, 5) is 52.2. The van der Waals surface area contributed by atoms with Gasteiger partial charge < -0.3 is 9.47 Å². The van der Waals surface area contributed by atoms with Crippen molar-refractivity contribution in [1.29, 1.82) is 0 Å². The minimum Gasteiger partial charge on any atom is -0.443 e. The van der Waals surface area contributed by atoms with E-state index < -0.39 is 23.4 Å². The van der Waals surface area contributed by atoms with Crippen LogP contribution >= 0.6 is 0 Å². The van der Waals surface area contributed by atoms with E-state index in [1.807, 2.05) is 84.9 Å². The molecule has 8 heteroatoms. The molecule has 2 heterocycles. The van der Waals surface area contributed by atoms with Crippen LogP contribution in [0.2, 0.25) is 0 Å². The largest absolute Gasteiger partial charge is 0.443 e. The molecule has 0 bridgehead atoms. The Balaban J connectivity index is 0.000000204. The second kappa shape index (κ2) is 16.6. The molecule has 0 aromatic heterocycles. The number of hydrogen-bond acceptors (Lipinski definition) is 6. The number of ether oxygens (including phenoxy) is 2. The molecular weight excluding hydrogens is 665 g/mol. The highest BCUT2D eigenvalue weighted by Crippen LogP contribution is 2.30. The van der Waals surface area contributed by atoms with E-state index in [1.165, 1.54) is 20.9 Å². The summed E-state index contributed by atoms with van der Waals surface area (Å²) in [6, 6.07) is 36.7. The van der Waals surface area contributed by atoms with Crippen molar-refractivity contribution in [3.8, 4) is 22.3 Å². The summed E-state index contributed by atoms with van der Waals surface area (Å²) >= 11 is 0. The van der Waals surface area contributed by atoms with E-state index in [-0.39, 0.29) is 29.8 Å². The Bertz CT molecular complexity index is 1860. The molecule has 0 N–H and O–H groups in total. The highest BCUT2D eigenvalue weighted by atomic mass is 16.6. The van der Waals surface area contributed by atoms with E-state index in [9.17, 15) is 19.2 Å². The Labute approximate surface area is 314 Å². The molecule has 6 rings (SSSR count). The Hall–Kier alpha value is -5.24. The first-order chi connectivity index (χ1) is 25.1. The summed E-state index contributed by atoms with van der Waals surface area (Å²) in [6.07, 6.45) is 1.96. The van der Waals surface area contributed by atoms with Crippen molar-refractivity contribution in [1.82, 2.24) is 9.80 Å². The Morgan fingerprint density at radius 3 is 1.42 bits per heavy atom. The summed E-state index contributed by atoms with van der Waals surface area (Å²) in [6.45, 7) is 12.7. The maximum absolute atomic E-state index is 12.5. The Morgan fingerprint density at radius 2 is 0.981 bits per heavy atom. The van der Waals surface area contributed by atoms with Crippen LogP contribution in [0.15, 0.2) is 109 Å². The van der Waals surface area contributed by atoms with E-state index in [0.29, 0.717) is 32.1 Å². The highest BCUT2D eigenvalue weighted by molar-refractivity contribution is 5.95. The predicted octanol–water partition coefficient (Wildman–Crippen LogP) is 9.89. The predicted molar refractivity (Wildman–Crippen MR) is 208 cm³/mol. The average molecular weight is 717 g/mol. The molecule has 4 aromatic rings. The topological polar surface area (TPSA) is 93.2 Å². The first kappa shape index (κ1) is 39.0. The first-order valence-corrected chi connectivity index (χ1v) is 18.5. The molecule has 1 unspecified atom stereocenters. The average Bonchev–Trinajstić information content (AvgIpc) is 3.61. The summed E-state index contributed by atoms with van der Waals surface area (Å²) in [7, 11) is 0. The lowest BCUT2D eigenvalue weighted by atomic mass is 9.98. The SMILES string of the molecule is CC(C)(C)OC(=O)N1C(=O)CC[C@H]1Cc1ccc(-c2ccccc2)cc1.CC1C[C@@H](Cc2ccc(-c3ccccc3)cc2)N(C(=O)OC(C)(C)C)C1=O. The van der Waals surface area contributed by atoms with Crippen LogP contribution in [-0.2, 0) is 31.9 Å². The van der Waals surface area contributed by atoms with Crippen molar-refractivity contribution in [3.05, 3.63) is 120 Å². The molecule has 53 heavy (non-hydrogen) atoms. The number of amides is 4. The fourth-order valence-corrected chi connectivity index (χ4v) is 6.73. The van der Waals surface area contributed by atoms with Crippen molar-refractivity contribution in [2.75, 3.05) is 0 Å². The molecule has 2 saturated heterocycles. The van der Waals surface area contributed by atoms with Gasteiger partial charge in [-0.15, -0.1) is 0 Å². The molecule has 0 aliphatic carbocycles. The molecule has 2 aliphatic heterocycles. The summed E-state index contributed by atoms with van der Waals surface area (Å²) in [5.74, 6) is -0.452. The van der Waals surface area contributed by atoms with Crippen molar-refractivity contribution >= 4 is 24.0 Å². The molecule has 4 aromatic carbocycles. The van der Waals surface area contributed by atoms with Gasteiger partial charge in [-0.05, 0) is 101 Å². The van der Waals surface area contributed by atoms with Gasteiger partial charge in [-0.25, -0.2) is 19.4 Å². The molecule has 4 amide bonds. The quantitative estimate of drug-likeness (QED) is 0.197. The standard InChI is InChI=1S/C23H27NO3.C22H25NO3/c1-16-14-20(24(21(16)25)22(26)27-23(2,3)4)15-17-10-12-19(13-11-17)18-8-6-5-7-9-18;1-22(2,3)26-21(25)23-19(13-14-20(23)24)15-16-9-11-18(12-10-16)17-7-5-4-6-8-17/h5-13,16,20H,14-15H2,1-4H3;4-12,19H,13-15H2,1-3H3/t16?,20-;19-/m00/s1. The lowest BCUT2D eigenvalue weighted by Gasteiger charge is -2.27. The van der Waals surface area contributed by atoms with Crippen LogP contribution in [0.5, 0.6) is 0 Å². The fourth-order valence-electron chi connectivity index (χ4n) is 6.73. The maximum Gasteiger partial charge on any atom is 0.417 e. The maximum atomic E-state index is 12.5. The molecule has 3 atom stereocenters. The Morgan fingerprint density at radius 1 is 0.585 bits per heavy atom. The van der Waals surface area contributed by atoms with Gasteiger partial charge in [0.25, 0.3) is 0 Å². The molecule has 2 aliphatic rings. The van der Waals surface area contributed by atoms with Gasteiger partial charge in [-0.2, -0.15) is 0 Å². The zero-order chi connectivity index (χ0) is 38.3. The summed E-state index contributed by atoms with van der Waals surface area (Å²) in [5, 5.41) is 0. The van der Waals surface area contributed by atoms with E-state index in [2.05, 4.69) is 72.8 Å². The summed E-state index contributed by atoms with van der Waals surface area (Å²) in [5.41, 5.74) is 5.63. The van der Waals surface area contributed by atoms with Crippen molar-refractivity contribution in [2.45, 2.75) is 104 Å². The van der Waals surface area contributed by atoms with Crippen LogP contribution in [0.1, 0.15) is 78.9 Å². The van der Waals surface area contributed by atoms with Crippen LogP contribution in [0.3, 0.4) is 0 Å². The number of hydrogen-bond donors (Lipinski definition) is 0. The third-order valence-electron chi connectivity index (χ3n) is 9.22. The van der Waals surface area contributed by atoms with Crippen molar-refractivity contribution in [2.24, 2.45) is 5.92 Å². The molecule has 278 valence electrons. The third kappa shape index (κ3) is 10.7. The van der Waals surface area contributed by atoms with Crippen LogP contribution in [0, 0.1) is 5.92 Å². The van der Waals surface area contributed by atoms with Gasteiger partial charge in [-0.3, -0.25) is 9.59 Å². The number of imide groups is 2. The molecular formula is C45H52N2O6. The van der Waals surface area contributed by atoms with Crippen LogP contribution in [-0.4, -0.2) is 57.1 Å². The van der Waals surface area contributed by atoms with Gasteiger partial charge in [0.15, 0.2) is 0 Å². The Kier molecular flexibility index (Phi) is 12.2. The van der Waals surface area contributed by atoms with Gasteiger partial charge in [0.1, 0.15) is 11.2 Å². The van der Waals surface area contributed by atoms with Crippen LogP contribution < -0.4 is 0 Å². The number of nitrogens with zero attached hydrogens (tertiary/aromatic N) is 2. The normalized spacial score (nSPS) is 18.7. The van der Waals surface area contributed by atoms with Gasteiger partial charge in [-0.1, -0.05) is 116 Å². The van der Waals surface area contributed by atoms with E-state index in [4.69, 9.17) is 9.47 Å². The molecule has 8 nitrogen and oxygen atoms in total. The van der Waals surface area contributed by atoms with E-state index >= 15 is 0 Å². The number of likely N-dealkylation sites (tertiary alicyclic amines) is 2. The monoisotopic (exact) mass is 716 g/mol. The molecule has 0 radical (unpaired) electrons. The smallest absolute Gasteiger partial charge is 0.417 e. The van der Waals surface area contributed by atoms with Gasteiger partial charge in [0.05, 0.1) is 0 Å². The zero-order valence-electron chi connectivity index (χ0n) is 32.0. The highest BCUT2D eigenvalue weighted by Gasteiger charge is 2.43. The number of carbonyl (C=O) groups is 4. The second-order valence-corrected chi connectivity index (χ2v) is 15.9. The minimum absolute atomic E-state index is 0.139. The van der Waals surface area contributed by atoms with Gasteiger partial charge >= 0.3 is 12.2 Å². The number of benzene rings is 4. The van der Waals surface area contributed by atoms with E-state index in [0.717, 1.165) is 22.3 Å². The lowest BCUT2D eigenvalue weighted by Crippen LogP contribution is -2.43. The number of rotatable bonds is 6. The van der Waals surface area contributed by atoms with Gasteiger partial charge in [0.2, 0.25) is 11.8 Å². The first-order valence-electron chi connectivity index (χ1n) is 18.5. The third-order valence-corrected chi connectivity index (χ3v) is 9.22. The van der Waals surface area contributed by atoms with E-state index in [1.54, 1.807) is 0 Å². The molecule has 0 spiro atoms. The minimum atomic E-state index is -0.620. The molecule has 0 saturated carbocycles. The molecule has 2 fully saturated rings. The number of carbonyl (C=O) groups excluding carboxylic acids is 4. The fraction of sp³-hybridized carbons (Fsp3) is 0.378. The second-order valence-electron chi connectivity index (χ2n) is 15.9. The van der Waals surface area contributed by atoms with Crippen LogP contribution in [0.25, 0.3) is 22.3 Å². The zero-order valence-corrected chi connectivity index (χ0v) is 32.0. The lowest BCUT2D eigenvalue weighted by molar-refractivity contribution is -0.131. The van der Waals surface area contributed by atoms with Crippen molar-refractivity contribution in [3.63, 3.8) is 0 Å². The summed E-state index contributed by atoms with van der Waals surface area (Å²) < 4.78 is 10.9. The van der Waals surface area contributed by atoms with Gasteiger partial charge in [0, 0.05) is 24.4 Å². The van der Waals surface area contributed by atoms with Crippen LogP contribution in [0.4, 0.5) is 9.59 Å².